The van der Waals surface area contributed by atoms with Gasteiger partial charge in [-0.2, -0.15) is 0 Å². The number of benzene rings is 1. The van der Waals surface area contributed by atoms with Crippen molar-refractivity contribution in [1.29, 1.82) is 0 Å². The molecule has 0 bridgehead atoms. The topological polar surface area (TPSA) is 79.5 Å². The van der Waals surface area contributed by atoms with Crippen LogP contribution in [0.25, 0.3) is 0 Å². The number of hydrogen-bond acceptors (Lipinski definition) is 4. The van der Waals surface area contributed by atoms with E-state index in [9.17, 15) is 9.59 Å². The van der Waals surface area contributed by atoms with E-state index < -0.39 is 5.41 Å². The summed E-state index contributed by atoms with van der Waals surface area (Å²) in [5.41, 5.74) is 0.0858. The molecule has 126 valence electrons. The van der Waals surface area contributed by atoms with Crippen LogP contribution >= 0.6 is 11.6 Å². The van der Waals surface area contributed by atoms with Gasteiger partial charge < -0.3 is 20.7 Å². The lowest BCUT2D eigenvalue weighted by Crippen LogP contribution is -2.51. The number of amides is 2. The predicted molar refractivity (Wildman–Crippen MR) is 89.5 cm³/mol. The first-order valence-electron chi connectivity index (χ1n) is 7.59. The Morgan fingerprint density at radius 2 is 1.91 bits per heavy atom. The fourth-order valence-electron chi connectivity index (χ4n) is 2.71. The molecule has 1 aromatic carbocycles. The van der Waals surface area contributed by atoms with Gasteiger partial charge in [-0.15, -0.1) is 0 Å². The molecule has 1 aliphatic rings. The average molecular weight is 340 g/mol. The summed E-state index contributed by atoms with van der Waals surface area (Å²) in [7, 11) is 1.59. The molecule has 1 fully saturated rings. The van der Waals surface area contributed by atoms with Gasteiger partial charge in [0.25, 0.3) is 0 Å². The highest BCUT2D eigenvalue weighted by Gasteiger charge is 2.39. The number of hydrogen-bond donors (Lipinski definition) is 3. The molecule has 6 nitrogen and oxygen atoms in total. The summed E-state index contributed by atoms with van der Waals surface area (Å²) in [6.45, 7) is 1.83. The van der Waals surface area contributed by atoms with Crippen LogP contribution in [0.3, 0.4) is 0 Å². The quantitative estimate of drug-likeness (QED) is 0.732. The standard InChI is InChI=1S/C16H22ClN3O3/c1-23-11-16(6-8-18-9-7-16)15(22)19-10-14(21)20-13-4-2-12(17)3-5-13/h2-5,18H,6-11H2,1H3,(H,19,22)(H,20,21). The molecular weight excluding hydrogens is 318 g/mol. The van der Waals surface area contributed by atoms with Gasteiger partial charge in [0.1, 0.15) is 0 Å². The van der Waals surface area contributed by atoms with E-state index in [4.69, 9.17) is 16.3 Å². The van der Waals surface area contributed by atoms with E-state index in [1.165, 1.54) is 0 Å². The van der Waals surface area contributed by atoms with Gasteiger partial charge in [0, 0.05) is 17.8 Å². The van der Waals surface area contributed by atoms with Crippen molar-refractivity contribution in [3.05, 3.63) is 29.3 Å². The second-order valence-corrected chi connectivity index (χ2v) is 6.14. The Morgan fingerprint density at radius 3 is 2.52 bits per heavy atom. The number of rotatable bonds is 6. The molecule has 0 aromatic heterocycles. The zero-order valence-electron chi connectivity index (χ0n) is 13.2. The molecule has 23 heavy (non-hydrogen) atoms. The summed E-state index contributed by atoms with van der Waals surface area (Å²) in [6.07, 6.45) is 1.40. The predicted octanol–water partition coefficient (Wildman–Crippen LogP) is 1.41. The van der Waals surface area contributed by atoms with Gasteiger partial charge >= 0.3 is 0 Å². The number of piperidine rings is 1. The second kappa shape index (κ2) is 8.29. The van der Waals surface area contributed by atoms with Gasteiger partial charge in [-0.25, -0.2) is 0 Å². The molecule has 0 unspecified atom stereocenters. The minimum absolute atomic E-state index is 0.0691. The largest absolute Gasteiger partial charge is 0.384 e. The first kappa shape index (κ1) is 17.7. The fraction of sp³-hybridized carbons (Fsp3) is 0.500. The van der Waals surface area contributed by atoms with E-state index in [1.54, 1.807) is 31.4 Å². The van der Waals surface area contributed by atoms with Crippen LogP contribution in [0.1, 0.15) is 12.8 Å². The summed E-state index contributed by atoms with van der Waals surface area (Å²) in [5.74, 6) is -0.408. The highest BCUT2D eigenvalue weighted by molar-refractivity contribution is 6.30. The van der Waals surface area contributed by atoms with Crippen LogP contribution in [0.4, 0.5) is 5.69 Å². The van der Waals surface area contributed by atoms with E-state index in [2.05, 4.69) is 16.0 Å². The number of methoxy groups -OCH3 is 1. The third kappa shape index (κ3) is 4.92. The van der Waals surface area contributed by atoms with E-state index in [1.807, 2.05) is 0 Å². The first-order chi connectivity index (χ1) is 11.1. The van der Waals surface area contributed by atoms with Gasteiger partial charge in [0.05, 0.1) is 18.6 Å². The summed E-state index contributed by atoms with van der Waals surface area (Å²) in [5, 5.41) is 9.27. The van der Waals surface area contributed by atoms with Gasteiger partial charge in [-0.05, 0) is 50.2 Å². The number of ether oxygens (including phenoxy) is 1. The van der Waals surface area contributed by atoms with Gasteiger partial charge in [0.2, 0.25) is 11.8 Å². The number of carbonyl (C=O) groups is 2. The molecule has 2 rings (SSSR count). The van der Waals surface area contributed by atoms with Gasteiger partial charge in [-0.3, -0.25) is 9.59 Å². The van der Waals surface area contributed by atoms with E-state index in [-0.39, 0.29) is 18.4 Å². The van der Waals surface area contributed by atoms with E-state index in [0.29, 0.717) is 30.2 Å². The van der Waals surface area contributed by atoms with E-state index in [0.717, 1.165) is 13.1 Å². The highest BCUT2D eigenvalue weighted by atomic mass is 35.5. The van der Waals surface area contributed by atoms with Crippen molar-refractivity contribution in [3.8, 4) is 0 Å². The van der Waals surface area contributed by atoms with Crippen LogP contribution in [-0.4, -0.2) is 45.2 Å². The normalized spacial score (nSPS) is 16.6. The van der Waals surface area contributed by atoms with Crippen molar-refractivity contribution in [2.45, 2.75) is 12.8 Å². The Morgan fingerprint density at radius 1 is 1.26 bits per heavy atom. The molecule has 7 heteroatoms. The van der Waals surface area contributed by atoms with Crippen LogP contribution in [0.2, 0.25) is 5.02 Å². The molecule has 0 aliphatic carbocycles. The SMILES string of the molecule is COCC1(C(=O)NCC(=O)Nc2ccc(Cl)cc2)CCNCC1. The lowest BCUT2D eigenvalue weighted by atomic mass is 9.78. The lowest BCUT2D eigenvalue weighted by molar-refractivity contribution is -0.137. The van der Waals surface area contributed by atoms with Crippen LogP contribution < -0.4 is 16.0 Å². The molecule has 3 N–H and O–H groups in total. The van der Waals surface area contributed by atoms with Crippen LogP contribution in [-0.2, 0) is 14.3 Å². The number of nitrogens with one attached hydrogen (secondary N) is 3. The zero-order chi connectivity index (χ0) is 16.7. The highest BCUT2D eigenvalue weighted by Crippen LogP contribution is 2.29. The molecule has 1 aliphatic heterocycles. The fourth-order valence-corrected chi connectivity index (χ4v) is 2.83. The molecule has 0 saturated carbocycles. The molecular formula is C16H22ClN3O3. The molecule has 0 radical (unpaired) electrons. The molecule has 2 amide bonds. The Balaban J connectivity index is 1.86. The van der Waals surface area contributed by atoms with Gasteiger partial charge in [-0.1, -0.05) is 11.6 Å². The summed E-state index contributed by atoms with van der Waals surface area (Å²) in [6, 6.07) is 6.80. The van der Waals surface area contributed by atoms with Crippen LogP contribution in [0, 0.1) is 5.41 Å². The van der Waals surface area contributed by atoms with Crippen molar-refractivity contribution in [1.82, 2.24) is 10.6 Å². The molecule has 1 heterocycles. The average Bonchev–Trinajstić information content (AvgIpc) is 2.56. The van der Waals surface area contributed by atoms with Crippen molar-refractivity contribution in [2.75, 3.05) is 38.7 Å². The van der Waals surface area contributed by atoms with Crippen molar-refractivity contribution in [2.24, 2.45) is 5.41 Å². The molecule has 1 saturated heterocycles. The van der Waals surface area contributed by atoms with Crippen molar-refractivity contribution < 1.29 is 14.3 Å². The number of carbonyl (C=O) groups excluding carboxylic acids is 2. The van der Waals surface area contributed by atoms with Crippen LogP contribution in [0.15, 0.2) is 24.3 Å². The summed E-state index contributed by atoms with van der Waals surface area (Å²) in [4.78, 5) is 24.4. The minimum atomic E-state index is -0.555. The second-order valence-electron chi connectivity index (χ2n) is 5.70. The number of halogens is 1. The third-order valence-corrected chi connectivity index (χ3v) is 4.25. The Labute approximate surface area is 140 Å². The molecule has 0 spiro atoms. The van der Waals surface area contributed by atoms with Crippen LogP contribution in [0.5, 0.6) is 0 Å². The maximum Gasteiger partial charge on any atom is 0.243 e. The number of anilines is 1. The van der Waals surface area contributed by atoms with Crippen molar-refractivity contribution in [3.63, 3.8) is 0 Å². The first-order valence-corrected chi connectivity index (χ1v) is 7.97. The summed E-state index contributed by atoms with van der Waals surface area (Å²) >= 11 is 5.80. The van der Waals surface area contributed by atoms with E-state index >= 15 is 0 Å². The smallest absolute Gasteiger partial charge is 0.243 e. The molecule has 1 aromatic rings. The Kier molecular flexibility index (Phi) is 6.38. The maximum absolute atomic E-state index is 12.5. The van der Waals surface area contributed by atoms with Gasteiger partial charge in [0.15, 0.2) is 0 Å². The zero-order valence-corrected chi connectivity index (χ0v) is 13.9. The maximum atomic E-state index is 12.5. The minimum Gasteiger partial charge on any atom is -0.384 e. The summed E-state index contributed by atoms with van der Waals surface area (Å²) < 4.78 is 5.22. The third-order valence-electron chi connectivity index (χ3n) is 4.00. The molecule has 0 atom stereocenters. The van der Waals surface area contributed by atoms with Crippen molar-refractivity contribution >= 4 is 29.1 Å². The monoisotopic (exact) mass is 339 g/mol. The Bertz CT molecular complexity index is 536. The Hall–Kier alpha value is -1.63. The lowest BCUT2D eigenvalue weighted by Gasteiger charge is -2.35.